The van der Waals surface area contributed by atoms with Crippen molar-refractivity contribution in [1.82, 2.24) is 4.90 Å². The Balaban J connectivity index is 2.55. The second-order valence-corrected chi connectivity index (χ2v) is 5.04. The van der Waals surface area contributed by atoms with E-state index in [0.29, 0.717) is 0 Å². The van der Waals surface area contributed by atoms with Crippen molar-refractivity contribution in [2.75, 3.05) is 13.6 Å². The van der Waals surface area contributed by atoms with Gasteiger partial charge in [0.2, 0.25) is 0 Å². The zero-order valence-electron chi connectivity index (χ0n) is 10.8. The van der Waals surface area contributed by atoms with E-state index in [1.807, 2.05) is 13.8 Å². The molecule has 0 bridgehead atoms. The van der Waals surface area contributed by atoms with Crippen LogP contribution in [0.5, 0.6) is 0 Å². The molecule has 5 heteroatoms. The molecule has 0 saturated carbocycles. The summed E-state index contributed by atoms with van der Waals surface area (Å²) in [4.78, 5) is 24.2. The summed E-state index contributed by atoms with van der Waals surface area (Å²) >= 11 is 0. The number of carbonyl (C=O) groups excluding carboxylic acids is 1. The molecule has 98 valence electrons. The SMILES string of the molecule is CC1CC(C)C(C(=O)N(C)CC(C)C(=O)O)O1. The van der Waals surface area contributed by atoms with Crippen molar-refractivity contribution in [2.45, 2.75) is 39.4 Å². The first kappa shape index (κ1) is 14.0. The van der Waals surface area contributed by atoms with Crippen molar-refractivity contribution in [3.05, 3.63) is 0 Å². The van der Waals surface area contributed by atoms with Crippen molar-refractivity contribution >= 4 is 11.9 Å². The van der Waals surface area contributed by atoms with Gasteiger partial charge in [-0.05, 0) is 19.3 Å². The molecule has 0 spiro atoms. The number of nitrogens with zero attached hydrogens (tertiary/aromatic N) is 1. The van der Waals surface area contributed by atoms with Crippen molar-refractivity contribution in [1.29, 1.82) is 0 Å². The van der Waals surface area contributed by atoms with Crippen LogP contribution in [-0.2, 0) is 14.3 Å². The fourth-order valence-electron chi connectivity index (χ4n) is 2.18. The number of carboxylic acids is 1. The van der Waals surface area contributed by atoms with Crippen LogP contribution in [0.1, 0.15) is 27.2 Å². The Kier molecular flexibility index (Phi) is 4.51. The topological polar surface area (TPSA) is 66.8 Å². The van der Waals surface area contributed by atoms with Crippen molar-refractivity contribution in [3.63, 3.8) is 0 Å². The zero-order valence-corrected chi connectivity index (χ0v) is 10.8. The Morgan fingerprint density at radius 2 is 2.06 bits per heavy atom. The molecule has 0 aromatic heterocycles. The summed E-state index contributed by atoms with van der Waals surface area (Å²) in [6.07, 6.45) is 0.555. The Morgan fingerprint density at radius 1 is 1.47 bits per heavy atom. The van der Waals surface area contributed by atoms with Gasteiger partial charge in [0.05, 0.1) is 12.0 Å². The highest BCUT2D eigenvalue weighted by Gasteiger charge is 2.36. The lowest BCUT2D eigenvalue weighted by molar-refractivity contribution is -0.146. The highest BCUT2D eigenvalue weighted by molar-refractivity contribution is 5.82. The predicted molar refractivity (Wildman–Crippen MR) is 62.6 cm³/mol. The molecule has 1 aliphatic rings. The van der Waals surface area contributed by atoms with E-state index in [0.717, 1.165) is 6.42 Å². The normalized spacial score (nSPS) is 30.0. The van der Waals surface area contributed by atoms with Gasteiger partial charge in [-0.2, -0.15) is 0 Å². The first-order valence-corrected chi connectivity index (χ1v) is 5.96. The Labute approximate surface area is 102 Å². The number of amides is 1. The third-order valence-corrected chi connectivity index (χ3v) is 3.19. The largest absolute Gasteiger partial charge is 0.481 e. The van der Waals surface area contributed by atoms with Crippen LogP contribution in [0.15, 0.2) is 0 Å². The minimum Gasteiger partial charge on any atom is -0.481 e. The monoisotopic (exact) mass is 243 g/mol. The van der Waals surface area contributed by atoms with Gasteiger partial charge >= 0.3 is 5.97 Å². The second kappa shape index (κ2) is 5.49. The molecule has 4 atom stereocenters. The van der Waals surface area contributed by atoms with Gasteiger partial charge in [-0.15, -0.1) is 0 Å². The quantitative estimate of drug-likeness (QED) is 0.799. The van der Waals surface area contributed by atoms with E-state index in [-0.39, 0.29) is 24.5 Å². The highest BCUT2D eigenvalue weighted by atomic mass is 16.5. The van der Waals surface area contributed by atoms with Gasteiger partial charge in [-0.3, -0.25) is 9.59 Å². The van der Waals surface area contributed by atoms with Gasteiger partial charge in [0.15, 0.2) is 0 Å². The molecular formula is C12H21NO4. The fraction of sp³-hybridized carbons (Fsp3) is 0.833. The fourth-order valence-corrected chi connectivity index (χ4v) is 2.18. The van der Waals surface area contributed by atoms with Crippen LogP contribution in [0.25, 0.3) is 0 Å². The molecule has 5 nitrogen and oxygen atoms in total. The zero-order chi connectivity index (χ0) is 13.2. The predicted octanol–water partition coefficient (Wildman–Crippen LogP) is 0.979. The number of hydrogen-bond donors (Lipinski definition) is 1. The number of hydrogen-bond acceptors (Lipinski definition) is 3. The first-order chi connectivity index (χ1) is 7.82. The maximum Gasteiger partial charge on any atom is 0.308 e. The smallest absolute Gasteiger partial charge is 0.308 e. The molecule has 0 aliphatic carbocycles. The third-order valence-electron chi connectivity index (χ3n) is 3.19. The molecule has 1 fully saturated rings. The molecule has 1 amide bonds. The van der Waals surface area contributed by atoms with Crippen molar-refractivity contribution < 1.29 is 19.4 Å². The Bertz CT molecular complexity index is 305. The number of aliphatic carboxylic acids is 1. The molecule has 17 heavy (non-hydrogen) atoms. The van der Waals surface area contributed by atoms with Crippen LogP contribution in [-0.4, -0.2) is 47.7 Å². The number of rotatable bonds is 4. The summed E-state index contributed by atoms with van der Waals surface area (Å²) in [6, 6.07) is 0. The van der Waals surface area contributed by atoms with E-state index in [4.69, 9.17) is 9.84 Å². The number of ether oxygens (including phenoxy) is 1. The van der Waals surface area contributed by atoms with Crippen molar-refractivity contribution in [2.24, 2.45) is 11.8 Å². The standard InChI is InChI=1S/C12H21NO4/c1-7-5-9(3)17-10(7)11(14)13(4)6-8(2)12(15)16/h7-10H,5-6H2,1-4H3,(H,15,16). The molecule has 0 aromatic rings. The molecular weight excluding hydrogens is 222 g/mol. The van der Waals surface area contributed by atoms with Gasteiger partial charge in [-0.1, -0.05) is 13.8 Å². The van der Waals surface area contributed by atoms with Crippen LogP contribution < -0.4 is 0 Å². The second-order valence-electron chi connectivity index (χ2n) is 5.04. The van der Waals surface area contributed by atoms with Crippen LogP contribution in [0.2, 0.25) is 0 Å². The lowest BCUT2D eigenvalue weighted by Crippen LogP contribution is -2.42. The van der Waals surface area contributed by atoms with Crippen LogP contribution in [0, 0.1) is 11.8 Å². The minimum absolute atomic E-state index is 0.101. The molecule has 1 rings (SSSR count). The van der Waals surface area contributed by atoms with Crippen LogP contribution in [0.3, 0.4) is 0 Å². The van der Waals surface area contributed by atoms with E-state index in [1.54, 1.807) is 14.0 Å². The van der Waals surface area contributed by atoms with E-state index in [2.05, 4.69) is 0 Å². The molecule has 1 aliphatic heterocycles. The van der Waals surface area contributed by atoms with Crippen LogP contribution >= 0.6 is 0 Å². The lowest BCUT2D eigenvalue weighted by Gasteiger charge is -2.24. The average Bonchev–Trinajstić information content (AvgIpc) is 2.56. The molecule has 0 radical (unpaired) electrons. The Hall–Kier alpha value is -1.10. The van der Waals surface area contributed by atoms with E-state index in [9.17, 15) is 9.59 Å². The number of carbonyl (C=O) groups is 2. The lowest BCUT2D eigenvalue weighted by atomic mass is 10.0. The maximum atomic E-state index is 12.1. The maximum absolute atomic E-state index is 12.1. The van der Waals surface area contributed by atoms with Gasteiger partial charge in [0.1, 0.15) is 6.10 Å². The van der Waals surface area contributed by atoms with Gasteiger partial charge in [-0.25, -0.2) is 0 Å². The Morgan fingerprint density at radius 3 is 2.47 bits per heavy atom. The van der Waals surface area contributed by atoms with Gasteiger partial charge in [0, 0.05) is 13.6 Å². The van der Waals surface area contributed by atoms with Crippen LogP contribution in [0.4, 0.5) is 0 Å². The minimum atomic E-state index is -0.890. The van der Waals surface area contributed by atoms with Crippen molar-refractivity contribution in [3.8, 4) is 0 Å². The summed E-state index contributed by atoms with van der Waals surface area (Å²) < 4.78 is 5.56. The molecule has 0 aromatic carbocycles. The molecule has 1 heterocycles. The molecule has 1 N–H and O–H groups in total. The summed E-state index contributed by atoms with van der Waals surface area (Å²) in [5, 5.41) is 8.80. The third kappa shape index (κ3) is 3.43. The van der Waals surface area contributed by atoms with E-state index < -0.39 is 18.0 Å². The summed E-state index contributed by atoms with van der Waals surface area (Å²) in [7, 11) is 1.63. The van der Waals surface area contributed by atoms with E-state index in [1.165, 1.54) is 4.90 Å². The van der Waals surface area contributed by atoms with E-state index >= 15 is 0 Å². The summed E-state index contributed by atoms with van der Waals surface area (Å²) in [6.45, 7) is 5.74. The average molecular weight is 243 g/mol. The summed E-state index contributed by atoms with van der Waals surface area (Å²) in [5.41, 5.74) is 0. The summed E-state index contributed by atoms with van der Waals surface area (Å²) in [5.74, 6) is -1.37. The first-order valence-electron chi connectivity index (χ1n) is 5.96. The molecule has 1 saturated heterocycles. The highest BCUT2D eigenvalue weighted by Crippen LogP contribution is 2.27. The van der Waals surface area contributed by atoms with Gasteiger partial charge in [0.25, 0.3) is 5.91 Å². The number of carboxylic acid groups (broad SMARTS) is 1. The molecule has 4 unspecified atom stereocenters. The number of likely N-dealkylation sites (N-methyl/N-ethyl adjacent to an activating group) is 1. The van der Waals surface area contributed by atoms with Gasteiger partial charge < -0.3 is 14.7 Å².